The Hall–Kier alpha value is -1.65. The number of aryl methyl sites for hydroxylation is 1. The van der Waals surface area contributed by atoms with Crippen LogP contribution in [0.2, 0.25) is 0 Å². The predicted molar refractivity (Wildman–Crippen MR) is 42.8 cm³/mol. The molecular formula is C7H9N3O2. The Kier molecular flexibility index (Phi) is 2.57. The Bertz CT molecular complexity index is 270. The second kappa shape index (κ2) is 3.66. The summed E-state index contributed by atoms with van der Waals surface area (Å²) in [6.07, 6.45) is 2.50. The summed E-state index contributed by atoms with van der Waals surface area (Å²) in [5.74, 6) is 0.658. The maximum atomic E-state index is 10.7. The Morgan fingerprint density at radius 1 is 1.50 bits per heavy atom. The molecule has 0 aliphatic carbocycles. The van der Waals surface area contributed by atoms with Crippen molar-refractivity contribution in [1.29, 1.82) is 0 Å². The van der Waals surface area contributed by atoms with Gasteiger partial charge in [-0.3, -0.25) is 5.32 Å². The molecular weight excluding hydrogens is 158 g/mol. The normalized spacial score (nSPS) is 9.17. The molecule has 64 valence electrons. The summed E-state index contributed by atoms with van der Waals surface area (Å²) in [6, 6.07) is 0. The fourth-order valence-electron chi connectivity index (χ4n) is 0.626. The van der Waals surface area contributed by atoms with E-state index in [1.54, 1.807) is 6.92 Å². The van der Waals surface area contributed by atoms with E-state index in [1.165, 1.54) is 19.5 Å². The Morgan fingerprint density at radius 2 is 2.08 bits per heavy atom. The van der Waals surface area contributed by atoms with E-state index in [0.29, 0.717) is 11.5 Å². The molecule has 0 spiro atoms. The van der Waals surface area contributed by atoms with E-state index in [0.717, 1.165) is 0 Å². The number of hydrogen-bond acceptors (Lipinski definition) is 4. The van der Waals surface area contributed by atoms with E-state index in [1.807, 2.05) is 0 Å². The Balaban J connectivity index is 2.64. The van der Waals surface area contributed by atoms with Gasteiger partial charge in [-0.15, -0.1) is 0 Å². The number of methoxy groups -OCH3 is 1. The maximum Gasteiger partial charge on any atom is 0.411 e. The van der Waals surface area contributed by atoms with Crippen molar-refractivity contribution in [2.45, 2.75) is 6.92 Å². The van der Waals surface area contributed by atoms with Crippen LogP contribution in [-0.2, 0) is 4.74 Å². The molecule has 0 aromatic carbocycles. The molecule has 5 heteroatoms. The highest BCUT2D eigenvalue weighted by Crippen LogP contribution is 2.01. The second-order valence-corrected chi connectivity index (χ2v) is 2.14. The highest BCUT2D eigenvalue weighted by Gasteiger charge is 1.99. The molecule has 1 amide bonds. The fraction of sp³-hybridized carbons (Fsp3) is 0.286. The van der Waals surface area contributed by atoms with Gasteiger partial charge in [0.1, 0.15) is 5.82 Å². The first-order chi connectivity index (χ1) is 5.72. The summed E-state index contributed by atoms with van der Waals surface area (Å²) in [7, 11) is 1.30. The zero-order valence-corrected chi connectivity index (χ0v) is 6.87. The van der Waals surface area contributed by atoms with Gasteiger partial charge in [0.05, 0.1) is 25.2 Å². The highest BCUT2D eigenvalue weighted by atomic mass is 16.5. The first-order valence-corrected chi connectivity index (χ1v) is 3.36. The summed E-state index contributed by atoms with van der Waals surface area (Å²) in [4.78, 5) is 18.4. The molecule has 1 heterocycles. The van der Waals surface area contributed by atoms with Crippen molar-refractivity contribution < 1.29 is 9.53 Å². The molecule has 5 nitrogen and oxygen atoms in total. The average molecular weight is 167 g/mol. The van der Waals surface area contributed by atoms with E-state index in [9.17, 15) is 4.79 Å². The van der Waals surface area contributed by atoms with Crippen LogP contribution >= 0.6 is 0 Å². The van der Waals surface area contributed by atoms with Gasteiger partial charge in [-0.25, -0.2) is 14.8 Å². The van der Waals surface area contributed by atoms with Gasteiger partial charge in [0.2, 0.25) is 0 Å². The van der Waals surface area contributed by atoms with Crippen molar-refractivity contribution >= 4 is 11.8 Å². The Labute approximate surface area is 69.8 Å². The first kappa shape index (κ1) is 8.45. The minimum Gasteiger partial charge on any atom is -0.453 e. The minimum absolute atomic E-state index is 0.521. The van der Waals surface area contributed by atoms with Crippen LogP contribution in [0.3, 0.4) is 0 Å². The van der Waals surface area contributed by atoms with Gasteiger partial charge in [-0.2, -0.15) is 0 Å². The lowest BCUT2D eigenvalue weighted by Crippen LogP contribution is -2.11. The SMILES string of the molecule is COC(=O)Nc1cnc(C)nc1. The minimum atomic E-state index is -0.526. The van der Waals surface area contributed by atoms with E-state index in [-0.39, 0.29) is 0 Å². The van der Waals surface area contributed by atoms with Crippen molar-refractivity contribution in [2.75, 3.05) is 12.4 Å². The summed E-state index contributed by atoms with van der Waals surface area (Å²) < 4.78 is 4.38. The summed E-state index contributed by atoms with van der Waals surface area (Å²) >= 11 is 0. The van der Waals surface area contributed by atoms with Crippen LogP contribution in [0.5, 0.6) is 0 Å². The molecule has 0 radical (unpaired) electrons. The zero-order chi connectivity index (χ0) is 8.97. The van der Waals surface area contributed by atoms with Crippen LogP contribution in [0.25, 0.3) is 0 Å². The third-order valence-corrected chi connectivity index (χ3v) is 1.21. The quantitative estimate of drug-likeness (QED) is 0.676. The number of amides is 1. The van der Waals surface area contributed by atoms with Crippen LogP contribution in [0.15, 0.2) is 12.4 Å². The van der Waals surface area contributed by atoms with Crippen LogP contribution < -0.4 is 5.32 Å². The predicted octanol–water partition coefficient (Wildman–Crippen LogP) is 0.963. The van der Waals surface area contributed by atoms with Gasteiger partial charge >= 0.3 is 6.09 Å². The van der Waals surface area contributed by atoms with Crippen LogP contribution in [0, 0.1) is 6.92 Å². The number of ether oxygens (including phenoxy) is 1. The van der Waals surface area contributed by atoms with E-state index < -0.39 is 6.09 Å². The van der Waals surface area contributed by atoms with Crippen molar-refractivity contribution in [2.24, 2.45) is 0 Å². The van der Waals surface area contributed by atoms with Crippen molar-refractivity contribution in [1.82, 2.24) is 9.97 Å². The molecule has 0 aliphatic heterocycles. The monoisotopic (exact) mass is 167 g/mol. The number of carbonyl (C=O) groups excluding carboxylic acids is 1. The molecule has 1 aromatic rings. The smallest absolute Gasteiger partial charge is 0.411 e. The lowest BCUT2D eigenvalue weighted by molar-refractivity contribution is 0.187. The molecule has 0 aliphatic rings. The number of carbonyl (C=O) groups is 1. The summed E-state index contributed by atoms with van der Waals surface area (Å²) in [6.45, 7) is 1.77. The average Bonchev–Trinajstić information content (AvgIpc) is 2.09. The lowest BCUT2D eigenvalue weighted by Gasteiger charge is -2.01. The molecule has 1 rings (SSSR count). The van der Waals surface area contributed by atoms with Crippen molar-refractivity contribution in [3.63, 3.8) is 0 Å². The van der Waals surface area contributed by atoms with Gasteiger partial charge in [0.25, 0.3) is 0 Å². The van der Waals surface area contributed by atoms with Gasteiger partial charge in [-0.1, -0.05) is 0 Å². The van der Waals surface area contributed by atoms with E-state index >= 15 is 0 Å². The van der Waals surface area contributed by atoms with Gasteiger partial charge in [0, 0.05) is 0 Å². The summed E-state index contributed by atoms with van der Waals surface area (Å²) in [5.41, 5.74) is 0.521. The number of nitrogens with one attached hydrogen (secondary N) is 1. The van der Waals surface area contributed by atoms with Gasteiger partial charge in [0.15, 0.2) is 0 Å². The van der Waals surface area contributed by atoms with Crippen LogP contribution in [0.4, 0.5) is 10.5 Å². The molecule has 1 N–H and O–H groups in total. The van der Waals surface area contributed by atoms with E-state index in [4.69, 9.17) is 0 Å². The van der Waals surface area contributed by atoms with Crippen molar-refractivity contribution in [3.05, 3.63) is 18.2 Å². The van der Waals surface area contributed by atoms with Crippen LogP contribution in [0.1, 0.15) is 5.82 Å². The third-order valence-electron chi connectivity index (χ3n) is 1.21. The van der Waals surface area contributed by atoms with E-state index in [2.05, 4.69) is 20.0 Å². The molecule has 0 saturated carbocycles. The fourth-order valence-corrected chi connectivity index (χ4v) is 0.626. The number of rotatable bonds is 1. The Morgan fingerprint density at radius 3 is 2.58 bits per heavy atom. The molecule has 0 unspecified atom stereocenters. The molecule has 12 heavy (non-hydrogen) atoms. The number of aromatic nitrogens is 2. The number of nitrogens with zero attached hydrogens (tertiary/aromatic N) is 2. The molecule has 0 atom stereocenters. The second-order valence-electron chi connectivity index (χ2n) is 2.14. The number of hydrogen-bond donors (Lipinski definition) is 1. The zero-order valence-electron chi connectivity index (χ0n) is 6.87. The summed E-state index contributed by atoms with van der Waals surface area (Å²) in [5, 5.41) is 2.43. The molecule has 1 aromatic heterocycles. The molecule has 0 saturated heterocycles. The third kappa shape index (κ3) is 2.19. The first-order valence-electron chi connectivity index (χ1n) is 3.36. The maximum absolute atomic E-state index is 10.7. The molecule has 0 fully saturated rings. The van der Waals surface area contributed by atoms with Crippen molar-refractivity contribution in [3.8, 4) is 0 Å². The molecule has 0 bridgehead atoms. The van der Waals surface area contributed by atoms with Gasteiger partial charge in [-0.05, 0) is 6.92 Å². The largest absolute Gasteiger partial charge is 0.453 e. The number of anilines is 1. The topological polar surface area (TPSA) is 64.1 Å². The van der Waals surface area contributed by atoms with Crippen LogP contribution in [-0.4, -0.2) is 23.2 Å². The standard InChI is InChI=1S/C7H9N3O2/c1-5-8-3-6(4-9-5)10-7(11)12-2/h3-4H,1-2H3,(H,10,11). The van der Waals surface area contributed by atoms with Gasteiger partial charge < -0.3 is 4.74 Å². The highest BCUT2D eigenvalue weighted by molar-refractivity contribution is 5.83. The lowest BCUT2D eigenvalue weighted by atomic mass is 10.5.